The fourth-order valence-electron chi connectivity index (χ4n) is 8.65. The number of nitriles is 1. The molecule has 45 heavy (non-hydrogen) atoms. The maximum Gasteiger partial charge on any atom is 0.318 e. The molecule has 4 atom stereocenters. The van der Waals surface area contributed by atoms with Crippen molar-refractivity contribution in [3.8, 4) is 12.1 Å². The molecule has 7 rings (SSSR count). The largest absolute Gasteiger partial charge is 0.462 e. The number of aryl methyl sites for hydroxylation is 1. The molecule has 0 saturated carbocycles. The first-order chi connectivity index (χ1) is 21.9. The average Bonchev–Trinajstić information content (AvgIpc) is 3.77. The first-order valence-electron chi connectivity index (χ1n) is 17.1. The number of likely N-dealkylation sites (tertiary alicyclic amines) is 2. The predicted octanol–water partition coefficient (Wildman–Crippen LogP) is 3.90. The van der Waals surface area contributed by atoms with E-state index >= 15 is 0 Å². The second-order valence-corrected chi connectivity index (χ2v) is 14.0. The molecule has 2 aromatic rings. The average molecular weight is 610 g/mol. The summed E-state index contributed by atoms with van der Waals surface area (Å²) >= 11 is 0. The van der Waals surface area contributed by atoms with Crippen LogP contribution in [-0.4, -0.2) is 102 Å². The third kappa shape index (κ3) is 5.95. The van der Waals surface area contributed by atoms with Gasteiger partial charge >= 0.3 is 6.01 Å². The highest BCUT2D eigenvalue weighted by Gasteiger charge is 2.43. The van der Waals surface area contributed by atoms with Gasteiger partial charge in [-0.2, -0.15) is 15.2 Å². The van der Waals surface area contributed by atoms with Crippen LogP contribution in [0.4, 0.5) is 5.82 Å². The standard InChI is InChI=1S/C36H47N7O2/c1-40-19-5-8-27(40)11-12-33(44)43-22-21-42(24-28(43)15-18-37)34-30-14-17-36(16-13-26-7-3-4-10-31(26)36)23-32(30)38-35(39-34)45-25-29-9-6-20-41(29)2/h3-4,7,10-12,27-29H,5-6,8-9,13-17,19-25H2,1-2H3/b12-11+. The fourth-order valence-corrected chi connectivity index (χ4v) is 8.65. The lowest BCUT2D eigenvalue weighted by molar-refractivity contribution is -0.128. The summed E-state index contributed by atoms with van der Waals surface area (Å²) in [6.07, 6.45) is 13.8. The van der Waals surface area contributed by atoms with E-state index in [2.05, 4.69) is 59.1 Å². The number of carbonyl (C=O) groups is 1. The highest BCUT2D eigenvalue weighted by atomic mass is 16.5. The van der Waals surface area contributed by atoms with E-state index in [1.54, 1.807) is 6.08 Å². The van der Waals surface area contributed by atoms with Crippen LogP contribution in [0.3, 0.4) is 0 Å². The molecule has 4 unspecified atom stereocenters. The number of anilines is 1. The van der Waals surface area contributed by atoms with Crippen molar-refractivity contribution >= 4 is 11.7 Å². The Hall–Kier alpha value is -3.48. The number of fused-ring (bicyclic) bond motifs is 3. The second kappa shape index (κ2) is 12.7. The number of carbonyl (C=O) groups excluding carboxylic acids is 1. The van der Waals surface area contributed by atoms with Gasteiger partial charge in [0.2, 0.25) is 5.91 Å². The van der Waals surface area contributed by atoms with Gasteiger partial charge in [-0.05, 0) is 96.1 Å². The number of aromatic nitrogens is 2. The number of piperazine rings is 1. The second-order valence-electron chi connectivity index (χ2n) is 14.0. The van der Waals surface area contributed by atoms with Crippen LogP contribution in [-0.2, 0) is 29.5 Å². The summed E-state index contributed by atoms with van der Waals surface area (Å²) in [6, 6.07) is 12.3. The molecule has 9 nitrogen and oxygen atoms in total. The van der Waals surface area contributed by atoms with Crippen molar-refractivity contribution in [3.63, 3.8) is 0 Å². The van der Waals surface area contributed by atoms with Gasteiger partial charge in [0.05, 0.1) is 24.2 Å². The van der Waals surface area contributed by atoms with E-state index in [4.69, 9.17) is 14.7 Å². The van der Waals surface area contributed by atoms with Gasteiger partial charge < -0.3 is 19.4 Å². The van der Waals surface area contributed by atoms with Crippen molar-refractivity contribution in [2.75, 3.05) is 58.3 Å². The van der Waals surface area contributed by atoms with Gasteiger partial charge in [-0.25, -0.2) is 0 Å². The third-order valence-corrected chi connectivity index (χ3v) is 11.4. The van der Waals surface area contributed by atoms with Gasteiger partial charge in [0, 0.05) is 48.8 Å². The third-order valence-electron chi connectivity index (χ3n) is 11.4. The summed E-state index contributed by atoms with van der Waals surface area (Å²) in [5.41, 5.74) is 5.41. The number of hydrogen-bond donors (Lipinski definition) is 0. The van der Waals surface area contributed by atoms with Crippen molar-refractivity contribution in [1.82, 2.24) is 24.7 Å². The lowest BCUT2D eigenvalue weighted by Crippen LogP contribution is -2.55. The molecule has 2 aliphatic carbocycles. The number of benzene rings is 1. The number of rotatable bonds is 7. The normalized spacial score (nSPS) is 28.5. The van der Waals surface area contributed by atoms with Crippen LogP contribution in [0.2, 0.25) is 0 Å². The SMILES string of the molecule is CN1CCCC1/C=C/C(=O)N1CCN(c2nc(OCC3CCCN3C)nc3c2CCC2(CCc4ccccc42)C3)CC1CC#N. The number of nitrogens with zero attached hydrogens (tertiary/aromatic N) is 7. The highest BCUT2D eigenvalue weighted by molar-refractivity contribution is 5.88. The van der Waals surface area contributed by atoms with Crippen LogP contribution in [0, 0.1) is 11.3 Å². The zero-order valence-corrected chi connectivity index (χ0v) is 27.0. The summed E-state index contributed by atoms with van der Waals surface area (Å²) in [7, 11) is 4.28. The van der Waals surface area contributed by atoms with Crippen molar-refractivity contribution in [2.45, 2.75) is 87.7 Å². The Morgan fingerprint density at radius 3 is 2.67 bits per heavy atom. The van der Waals surface area contributed by atoms with E-state index in [9.17, 15) is 10.1 Å². The van der Waals surface area contributed by atoms with Crippen molar-refractivity contribution in [3.05, 3.63) is 58.8 Å². The van der Waals surface area contributed by atoms with Gasteiger partial charge in [0.15, 0.2) is 0 Å². The number of hydrogen-bond acceptors (Lipinski definition) is 8. The summed E-state index contributed by atoms with van der Waals surface area (Å²) in [6.45, 7) is 4.58. The summed E-state index contributed by atoms with van der Waals surface area (Å²) < 4.78 is 6.38. The van der Waals surface area contributed by atoms with Gasteiger partial charge in [0.1, 0.15) is 12.4 Å². The summed E-state index contributed by atoms with van der Waals surface area (Å²) in [4.78, 5) is 32.5. The molecule has 1 aromatic carbocycles. The predicted molar refractivity (Wildman–Crippen MR) is 174 cm³/mol. The smallest absolute Gasteiger partial charge is 0.318 e. The Morgan fingerprint density at radius 2 is 1.87 bits per heavy atom. The van der Waals surface area contributed by atoms with Gasteiger partial charge in [0.25, 0.3) is 0 Å². The molecule has 3 saturated heterocycles. The summed E-state index contributed by atoms with van der Waals surface area (Å²) in [5, 5.41) is 9.76. The zero-order chi connectivity index (χ0) is 31.0. The highest BCUT2D eigenvalue weighted by Crippen LogP contribution is 2.48. The molecule has 3 aliphatic heterocycles. The van der Waals surface area contributed by atoms with Crippen LogP contribution in [0.5, 0.6) is 6.01 Å². The Kier molecular flexibility index (Phi) is 8.54. The lowest BCUT2D eigenvalue weighted by Gasteiger charge is -2.42. The molecule has 1 spiro atoms. The first-order valence-corrected chi connectivity index (χ1v) is 17.1. The molecule has 0 N–H and O–H groups in total. The van der Waals surface area contributed by atoms with E-state index in [1.165, 1.54) is 23.1 Å². The number of ether oxygens (including phenoxy) is 1. The topological polar surface area (TPSA) is 88.8 Å². The maximum absolute atomic E-state index is 13.4. The molecule has 238 valence electrons. The van der Waals surface area contributed by atoms with Gasteiger partial charge in [-0.1, -0.05) is 30.3 Å². The Labute approximate surface area is 267 Å². The Balaban J connectivity index is 1.15. The molecular formula is C36H47N7O2. The van der Waals surface area contributed by atoms with Crippen molar-refractivity contribution in [2.24, 2.45) is 0 Å². The van der Waals surface area contributed by atoms with Gasteiger partial charge in [-0.3, -0.25) is 9.69 Å². The molecule has 0 bridgehead atoms. The van der Waals surface area contributed by atoms with Crippen molar-refractivity contribution in [1.29, 1.82) is 5.26 Å². The minimum absolute atomic E-state index is 0.00598. The van der Waals surface area contributed by atoms with E-state index < -0.39 is 0 Å². The molecule has 0 radical (unpaired) electrons. The molecule has 4 heterocycles. The fraction of sp³-hybridized carbons (Fsp3) is 0.611. The van der Waals surface area contributed by atoms with Gasteiger partial charge in [-0.15, -0.1) is 0 Å². The number of amides is 1. The quantitative estimate of drug-likeness (QED) is 0.437. The number of likely N-dealkylation sites (N-methyl/N-ethyl adjacent to an activating group) is 2. The van der Waals surface area contributed by atoms with Crippen LogP contribution < -0.4 is 9.64 Å². The van der Waals surface area contributed by atoms with Crippen LogP contribution in [0.15, 0.2) is 36.4 Å². The van der Waals surface area contributed by atoms with E-state index in [0.29, 0.717) is 50.8 Å². The van der Waals surface area contributed by atoms with Crippen molar-refractivity contribution < 1.29 is 9.53 Å². The monoisotopic (exact) mass is 609 g/mol. The molecule has 1 aromatic heterocycles. The minimum Gasteiger partial charge on any atom is -0.462 e. The Bertz CT molecular complexity index is 1490. The molecule has 5 aliphatic rings. The molecule has 1 amide bonds. The molecule has 3 fully saturated rings. The van der Waals surface area contributed by atoms with E-state index in [1.807, 2.05) is 11.0 Å². The Morgan fingerprint density at radius 1 is 1.04 bits per heavy atom. The lowest BCUT2D eigenvalue weighted by atomic mass is 9.69. The summed E-state index contributed by atoms with van der Waals surface area (Å²) in [5.74, 6) is 0.945. The zero-order valence-electron chi connectivity index (χ0n) is 27.0. The molecule has 9 heteroatoms. The van der Waals surface area contributed by atoms with Crippen LogP contribution in [0.1, 0.15) is 67.3 Å². The van der Waals surface area contributed by atoms with E-state index in [0.717, 1.165) is 76.0 Å². The van der Waals surface area contributed by atoms with Crippen LogP contribution in [0.25, 0.3) is 0 Å². The van der Waals surface area contributed by atoms with E-state index in [-0.39, 0.29) is 17.4 Å². The van der Waals surface area contributed by atoms with Crippen LogP contribution >= 0.6 is 0 Å². The maximum atomic E-state index is 13.4. The minimum atomic E-state index is -0.194. The first kappa shape index (κ1) is 30.2. The molecular weight excluding hydrogens is 562 g/mol.